The van der Waals surface area contributed by atoms with Gasteiger partial charge in [0.25, 0.3) is 5.91 Å². The highest BCUT2D eigenvalue weighted by Crippen LogP contribution is 2.29. The number of rotatable bonds is 2. The zero-order valence-corrected chi connectivity index (χ0v) is 14.0. The van der Waals surface area contributed by atoms with Crippen LogP contribution >= 0.6 is 15.9 Å². The Morgan fingerprint density at radius 1 is 1.18 bits per heavy atom. The zero-order chi connectivity index (χ0) is 15.7. The van der Waals surface area contributed by atoms with E-state index in [1.807, 2.05) is 56.3 Å². The topological polar surface area (TPSA) is 38.3 Å². The van der Waals surface area contributed by atoms with Gasteiger partial charge in [0, 0.05) is 15.7 Å². The molecule has 1 aliphatic heterocycles. The summed E-state index contributed by atoms with van der Waals surface area (Å²) in [7, 11) is 0. The predicted octanol–water partition coefficient (Wildman–Crippen LogP) is 4.48. The molecule has 3 nitrogen and oxygen atoms in total. The Balaban J connectivity index is 1.84. The second-order valence-corrected chi connectivity index (χ2v) is 6.33. The number of fused-ring (bicyclic) bond motifs is 1. The fraction of sp³-hybridized carbons (Fsp3) is 0.167. The molecule has 0 radical (unpaired) electrons. The fourth-order valence-electron chi connectivity index (χ4n) is 2.44. The molecule has 0 aromatic heterocycles. The number of nitrogens with one attached hydrogen (secondary N) is 1. The molecule has 0 saturated carbocycles. The molecule has 0 saturated heterocycles. The Morgan fingerprint density at radius 3 is 2.77 bits per heavy atom. The molecule has 0 fully saturated rings. The number of hydrogen-bond acceptors (Lipinski definition) is 2. The van der Waals surface area contributed by atoms with Crippen LogP contribution in [-0.2, 0) is 4.79 Å². The summed E-state index contributed by atoms with van der Waals surface area (Å²) in [5.41, 5.74) is 4.58. The first-order chi connectivity index (χ1) is 10.5. The summed E-state index contributed by atoms with van der Waals surface area (Å²) in [5.74, 6) is 0.670. The minimum Gasteiger partial charge on any atom is -0.488 e. The van der Waals surface area contributed by atoms with E-state index in [1.165, 1.54) is 5.56 Å². The van der Waals surface area contributed by atoms with Gasteiger partial charge in [-0.05, 0) is 49.8 Å². The lowest BCUT2D eigenvalue weighted by Gasteiger charge is -2.18. The van der Waals surface area contributed by atoms with Crippen LogP contribution in [0.2, 0.25) is 0 Å². The smallest absolute Gasteiger partial charge is 0.255 e. The molecule has 0 aliphatic carbocycles. The summed E-state index contributed by atoms with van der Waals surface area (Å²) in [6.07, 6.45) is 1.88. The van der Waals surface area contributed by atoms with E-state index in [1.54, 1.807) is 0 Å². The van der Waals surface area contributed by atoms with Crippen molar-refractivity contribution in [3.05, 3.63) is 63.1 Å². The summed E-state index contributed by atoms with van der Waals surface area (Å²) in [5, 5.41) is 2.95. The van der Waals surface area contributed by atoms with Crippen molar-refractivity contribution >= 4 is 33.6 Å². The number of benzene rings is 2. The molecule has 0 atom stereocenters. The molecule has 3 rings (SSSR count). The lowest BCUT2D eigenvalue weighted by Crippen LogP contribution is -2.21. The van der Waals surface area contributed by atoms with Crippen LogP contribution in [0, 0.1) is 13.8 Å². The van der Waals surface area contributed by atoms with Crippen molar-refractivity contribution in [1.29, 1.82) is 0 Å². The van der Waals surface area contributed by atoms with E-state index < -0.39 is 0 Å². The van der Waals surface area contributed by atoms with Crippen molar-refractivity contribution in [3.8, 4) is 5.75 Å². The number of aryl methyl sites for hydroxylation is 2. The Bertz CT molecular complexity index is 781. The second-order valence-electron chi connectivity index (χ2n) is 5.41. The molecule has 1 N–H and O–H groups in total. The van der Waals surface area contributed by atoms with E-state index in [4.69, 9.17) is 4.74 Å². The van der Waals surface area contributed by atoms with Gasteiger partial charge in [0.1, 0.15) is 12.4 Å². The summed E-state index contributed by atoms with van der Waals surface area (Å²) in [6.45, 7) is 4.30. The summed E-state index contributed by atoms with van der Waals surface area (Å²) in [6, 6.07) is 11.7. The minimum absolute atomic E-state index is 0.127. The van der Waals surface area contributed by atoms with Gasteiger partial charge in [-0.1, -0.05) is 33.6 Å². The molecule has 0 unspecified atom stereocenters. The number of ether oxygens (including phenoxy) is 1. The number of anilines is 1. The molecular weight excluding hydrogens is 342 g/mol. The van der Waals surface area contributed by atoms with Gasteiger partial charge in [-0.2, -0.15) is 0 Å². The van der Waals surface area contributed by atoms with Crippen molar-refractivity contribution < 1.29 is 9.53 Å². The van der Waals surface area contributed by atoms with Gasteiger partial charge in [0.05, 0.1) is 5.57 Å². The zero-order valence-electron chi connectivity index (χ0n) is 12.4. The van der Waals surface area contributed by atoms with Crippen molar-refractivity contribution in [2.24, 2.45) is 0 Å². The van der Waals surface area contributed by atoms with Crippen LogP contribution in [0.5, 0.6) is 5.75 Å². The Kier molecular flexibility index (Phi) is 4.03. The number of hydrogen-bond donors (Lipinski definition) is 1. The highest BCUT2D eigenvalue weighted by molar-refractivity contribution is 9.10. The average Bonchev–Trinajstić information content (AvgIpc) is 2.49. The van der Waals surface area contributed by atoms with E-state index in [-0.39, 0.29) is 12.5 Å². The highest BCUT2D eigenvalue weighted by atomic mass is 79.9. The monoisotopic (exact) mass is 357 g/mol. The first-order valence-corrected chi connectivity index (χ1v) is 7.84. The van der Waals surface area contributed by atoms with E-state index in [2.05, 4.69) is 21.2 Å². The third-order valence-electron chi connectivity index (χ3n) is 3.61. The first-order valence-electron chi connectivity index (χ1n) is 7.04. The molecule has 2 aromatic rings. The number of carbonyl (C=O) groups excluding carboxylic acids is 1. The molecule has 1 amide bonds. The fourth-order valence-corrected chi connectivity index (χ4v) is 2.81. The molecule has 4 heteroatoms. The van der Waals surface area contributed by atoms with Crippen molar-refractivity contribution in [1.82, 2.24) is 0 Å². The highest BCUT2D eigenvalue weighted by Gasteiger charge is 2.18. The Hall–Kier alpha value is -2.07. The van der Waals surface area contributed by atoms with Crippen LogP contribution in [0.25, 0.3) is 6.08 Å². The van der Waals surface area contributed by atoms with E-state index in [0.29, 0.717) is 5.57 Å². The Morgan fingerprint density at radius 2 is 2.00 bits per heavy atom. The summed E-state index contributed by atoms with van der Waals surface area (Å²) >= 11 is 3.43. The van der Waals surface area contributed by atoms with Gasteiger partial charge in [-0.3, -0.25) is 4.79 Å². The van der Waals surface area contributed by atoms with Gasteiger partial charge in [0.15, 0.2) is 0 Å². The Labute approximate surface area is 138 Å². The van der Waals surface area contributed by atoms with Crippen LogP contribution in [0.3, 0.4) is 0 Å². The summed E-state index contributed by atoms with van der Waals surface area (Å²) in [4.78, 5) is 12.4. The van der Waals surface area contributed by atoms with Crippen LogP contribution < -0.4 is 10.1 Å². The molecule has 112 valence electrons. The molecular formula is C18H16BrNO2. The third kappa shape index (κ3) is 3.07. The maximum absolute atomic E-state index is 12.4. The van der Waals surface area contributed by atoms with Crippen LogP contribution in [0.1, 0.15) is 16.7 Å². The van der Waals surface area contributed by atoms with Gasteiger partial charge in [-0.15, -0.1) is 0 Å². The molecule has 1 heterocycles. The molecule has 22 heavy (non-hydrogen) atoms. The van der Waals surface area contributed by atoms with Crippen LogP contribution in [-0.4, -0.2) is 12.5 Å². The summed E-state index contributed by atoms with van der Waals surface area (Å²) < 4.78 is 6.61. The van der Waals surface area contributed by atoms with E-state index >= 15 is 0 Å². The normalized spacial score (nSPS) is 13.0. The van der Waals surface area contributed by atoms with Gasteiger partial charge < -0.3 is 10.1 Å². The average molecular weight is 358 g/mol. The lowest BCUT2D eigenvalue weighted by molar-refractivity contribution is -0.113. The number of amides is 1. The van der Waals surface area contributed by atoms with Crippen LogP contribution in [0.4, 0.5) is 5.69 Å². The van der Waals surface area contributed by atoms with Crippen molar-refractivity contribution in [2.45, 2.75) is 13.8 Å². The van der Waals surface area contributed by atoms with Gasteiger partial charge in [0.2, 0.25) is 0 Å². The largest absolute Gasteiger partial charge is 0.488 e. The predicted molar refractivity (Wildman–Crippen MR) is 92.2 cm³/mol. The molecule has 0 bridgehead atoms. The lowest BCUT2D eigenvalue weighted by atomic mass is 10.1. The van der Waals surface area contributed by atoms with Crippen molar-refractivity contribution in [3.63, 3.8) is 0 Å². The standard InChI is InChI=1S/C18H16BrNO2/c1-11-3-5-16(12(2)7-11)20-18(21)14-8-13-9-15(19)4-6-17(13)22-10-14/h3-9H,10H2,1-2H3,(H,20,21). The number of carbonyl (C=O) groups is 1. The van der Waals surface area contributed by atoms with E-state index in [9.17, 15) is 4.79 Å². The van der Waals surface area contributed by atoms with Gasteiger partial charge in [-0.25, -0.2) is 0 Å². The minimum atomic E-state index is -0.127. The quantitative estimate of drug-likeness (QED) is 0.860. The first kappa shape index (κ1) is 14.9. The maximum atomic E-state index is 12.4. The third-order valence-corrected chi connectivity index (χ3v) is 4.10. The molecule has 0 spiro atoms. The maximum Gasteiger partial charge on any atom is 0.255 e. The second kappa shape index (κ2) is 5.97. The van der Waals surface area contributed by atoms with Crippen molar-refractivity contribution in [2.75, 3.05) is 11.9 Å². The SMILES string of the molecule is Cc1ccc(NC(=O)C2=Cc3cc(Br)ccc3OC2)c(C)c1. The number of halogens is 1. The van der Waals surface area contributed by atoms with E-state index in [0.717, 1.165) is 27.0 Å². The van der Waals surface area contributed by atoms with Crippen LogP contribution in [0.15, 0.2) is 46.4 Å². The molecule has 2 aromatic carbocycles. The molecule has 1 aliphatic rings. The van der Waals surface area contributed by atoms with Gasteiger partial charge >= 0.3 is 0 Å².